The van der Waals surface area contributed by atoms with Gasteiger partial charge in [-0.2, -0.15) is 5.26 Å². The van der Waals surface area contributed by atoms with E-state index in [0.29, 0.717) is 24.2 Å². The van der Waals surface area contributed by atoms with Crippen LogP contribution in [0.15, 0.2) is 24.3 Å². The molecule has 24 heavy (non-hydrogen) atoms. The minimum absolute atomic E-state index is 0.108. The maximum Gasteiger partial charge on any atom is 0.170 e. The first-order chi connectivity index (χ1) is 11.6. The van der Waals surface area contributed by atoms with Crippen LogP contribution in [0.1, 0.15) is 17.7 Å². The van der Waals surface area contributed by atoms with Crippen molar-refractivity contribution in [2.24, 2.45) is 7.05 Å². The summed E-state index contributed by atoms with van der Waals surface area (Å²) in [5.74, 6) is 0.774. The fourth-order valence-corrected chi connectivity index (χ4v) is 2.47. The molecule has 2 aromatic heterocycles. The van der Waals surface area contributed by atoms with E-state index in [1.54, 1.807) is 11.7 Å². The molecule has 0 bridgehead atoms. The van der Waals surface area contributed by atoms with Gasteiger partial charge in [-0.15, -0.1) is 5.10 Å². The Morgan fingerprint density at radius 2 is 2.17 bits per heavy atom. The minimum atomic E-state index is 0.108. The first-order valence-electron chi connectivity index (χ1n) is 7.59. The average molecular weight is 323 g/mol. The molecule has 122 valence electrons. The highest BCUT2D eigenvalue weighted by atomic mass is 16.5. The summed E-state index contributed by atoms with van der Waals surface area (Å²) >= 11 is 0. The Balaban J connectivity index is 2.00. The van der Waals surface area contributed by atoms with Crippen molar-refractivity contribution in [3.05, 3.63) is 35.5 Å². The van der Waals surface area contributed by atoms with Crippen molar-refractivity contribution in [2.45, 2.75) is 13.3 Å². The van der Waals surface area contributed by atoms with Gasteiger partial charge in [-0.25, -0.2) is 9.67 Å². The van der Waals surface area contributed by atoms with Gasteiger partial charge >= 0.3 is 0 Å². The van der Waals surface area contributed by atoms with Gasteiger partial charge in [-0.05, 0) is 36.8 Å². The van der Waals surface area contributed by atoms with Gasteiger partial charge in [0.2, 0.25) is 0 Å². The van der Waals surface area contributed by atoms with Gasteiger partial charge in [0.25, 0.3) is 0 Å². The third kappa shape index (κ3) is 2.92. The van der Waals surface area contributed by atoms with E-state index in [4.69, 9.17) is 9.84 Å². The molecule has 0 aliphatic heterocycles. The average Bonchev–Trinajstić information content (AvgIpc) is 2.97. The van der Waals surface area contributed by atoms with Crippen LogP contribution in [-0.2, 0) is 7.05 Å². The Morgan fingerprint density at radius 3 is 2.88 bits per heavy atom. The molecule has 0 saturated heterocycles. The molecule has 0 fully saturated rings. The van der Waals surface area contributed by atoms with Gasteiger partial charge in [-0.3, -0.25) is 0 Å². The lowest BCUT2D eigenvalue weighted by Crippen LogP contribution is -2.01. The number of ether oxygens (including phenoxy) is 1. The lowest BCUT2D eigenvalue weighted by molar-refractivity contribution is 0.233. The van der Waals surface area contributed by atoms with Crippen LogP contribution in [0.4, 0.5) is 0 Å². The van der Waals surface area contributed by atoms with Gasteiger partial charge in [-0.1, -0.05) is 5.21 Å². The van der Waals surface area contributed by atoms with Crippen molar-refractivity contribution in [1.82, 2.24) is 20.0 Å². The van der Waals surface area contributed by atoms with Gasteiger partial charge in [0.15, 0.2) is 5.69 Å². The van der Waals surface area contributed by atoms with Crippen molar-refractivity contribution in [2.75, 3.05) is 13.2 Å². The van der Waals surface area contributed by atoms with Crippen LogP contribution in [-0.4, -0.2) is 38.3 Å². The first kappa shape index (κ1) is 15.9. The quantitative estimate of drug-likeness (QED) is 0.721. The van der Waals surface area contributed by atoms with Crippen LogP contribution in [0.3, 0.4) is 0 Å². The number of aryl methyl sites for hydroxylation is 2. The van der Waals surface area contributed by atoms with Crippen molar-refractivity contribution in [3.63, 3.8) is 0 Å². The number of aliphatic hydroxyl groups is 1. The highest BCUT2D eigenvalue weighted by molar-refractivity contribution is 5.83. The lowest BCUT2D eigenvalue weighted by Gasteiger charge is -2.10. The largest absolute Gasteiger partial charge is 0.493 e. The predicted octanol–water partition coefficient (Wildman–Crippen LogP) is 1.97. The van der Waals surface area contributed by atoms with Crippen LogP contribution >= 0.6 is 0 Å². The summed E-state index contributed by atoms with van der Waals surface area (Å²) in [6.45, 7) is 2.53. The van der Waals surface area contributed by atoms with Crippen LogP contribution < -0.4 is 4.74 Å². The minimum Gasteiger partial charge on any atom is -0.493 e. The molecule has 1 aromatic carbocycles. The number of hydrogen-bond donors (Lipinski definition) is 1. The Hall–Kier alpha value is -2.98. The molecule has 0 aliphatic rings. The number of fused-ring (bicyclic) bond motifs is 1. The lowest BCUT2D eigenvalue weighted by atomic mass is 10.1. The zero-order valence-corrected chi connectivity index (χ0v) is 13.5. The fourth-order valence-electron chi connectivity index (χ4n) is 2.47. The second kappa shape index (κ2) is 6.64. The Morgan fingerprint density at radius 1 is 1.33 bits per heavy atom. The van der Waals surface area contributed by atoms with Crippen molar-refractivity contribution in [1.29, 1.82) is 5.26 Å². The van der Waals surface area contributed by atoms with Gasteiger partial charge in [0.1, 0.15) is 17.3 Å². The topological polar surface area (TPSA) is 96.9 Å². The molecule has 1 N–H and O–H groups in total. The maximum atomic E-state index is 9.31. The molecule has 0 spiro atoms. The fraction of sp³-hybridized carbons (Fsp3) is 0.294. The van der Waals surface area contributed by atoms with Crippen LogP contribution in [0, 0.1) is 18.3 Å². The second-order valence-corrected chi connectivity index (χ2v) is 5.45. The normalized spacial score (nSPS) is 10.8. The molecule has 7 nitrogen and oxygen atoms in total. The highest BCUT2D eigenvalue weighted by Crippen LogP contribution is 2.27. The molecule has 0 atom stereocenters. The van der Waals surface area contributed by atoms with E-state index < -0.39 is 0 Å². The summed E-state index contributed by atoms with van der Waals surface area (Å²) in [7, 11) is 1.78. The number of rotatable bonds is 5. The summed E-state index contributed by atoms with van der Waals surface area (Å²) < 4.78 is 7.26. The zero-order chi connectivity index (χ0) is 17.1. The Labute approximate surface area is 139 Å². The van der Waals surface area contributed by atoms with Crippen molar-refractivity contribution < 1.29 is 9.84 Å². The molecule has 0 aliphatic carbocycles. The summed E-state index contributed by atoms with van der Waals surface area (Å²) in [6.07, 6.45) is 0.596. The van der Waals surface area contributed by atoms with E-state index in [9.17, 15) is 5.26 Å². The van der Waals surface area contributed by atoms with E-state index in [-0.39, 0.29) is 12.3 Å². The Bertz CT molecular complexity index is 927. The number of aliphatic hydroxyl groups excluding tert-OH is 1. The van der Waals surface area contributed by atoms with Crippen molar-refractivity contribution in [3.8, 4) is 23.1 Å². The molecule has 3 rings (SSSR count). The molecule has 0 amide bonds. The summed E-state index contributed by atoms with van der Waals surface area (Å²) in [5.41, 5.74) is 4.07. The van der Waals surface area contributed by atoms with Crippen molar-refractivity contribution >= 4 is 11.0 Å². The van der Waals surface area contributed by atoms with Gasteiger partial charge in [0.05, 0.1) is 17.8 Å². The molecule has 3 aromatic rings. The van der Waals surface area contributed by atoms with Crippen LogP contribution in [0.5, 0.6) is 5.75 Å². The highest BCUT2D eigenvalue weighted by Gasteiger charge is 2.13. The predicted molar refractivity (Wildman–Crippen MR) is 88.4 cm³/mol. The Kier molecular flexibility index (Phi) is 4.40. The standard InChI is InChI=1S/C17H17N5O2/c1-11-8-12(4-5-16(11)24-7-3-6-23)13-9-15-17(14(10-18)19-13)20-21-22(15)2/h4-5,8-9,23H,3,6-7H2,1-2H3. The zero-order valence-electron chi connectivity index (χ0n) is 13.5. The van der Waals surface area contributed by atoms with E-state index in [1.807, 2.05) is 31.2 Å². The molecule has 2 heterocycles. The number of benzene rings is 1. The third-order valence-electron chi connectivity index (χ3n) is 3.74. The SMILES string of the molecule is Cc1cc(-c2cc3c(nnn3C)c(C#N)n2)ccc1OCCCO. The number of nitriles is 1. The smallest absolute Gasteiger partial charge is 0.170 e. The van der Waals surface area contributed by atoms with Gasteiger partial charge < -0.3 is 9.84 Å². The monoisotopic (exact) mass is 323 g/mol. The number of nitrogens with zero attached hydrogens (tertiary/aromatic N) is 5. The molecule has 0 saturated carbocycles. The van der Waals surface area contributed by atoms with E-state index in [0.717, 1.165) is 22.4 Å². The molecular weight excluding hydrogens is 306 g/mol. The summed E-state index contributed by atoms with van der Waals surface area (Å²) in [5, 5.41) is 26.1. The second-order valence-electron chi connectivity index (χ2n) is 5.45. The van der Waals surface area contributed by atoms with E-state index >= 15 is 0 Å². The summed E-state index contributed by atoms with van der Waals surface area (Å²) in [6, 6.07) is 9.70. The molecule has 0 unspecified atom stereocenters. The van der Waals surface area contributed by atoms with Crippen LogP contribution in [0.25, 0.3) is 22.3 Å². The number of pyridine rings is 1. The van der Waals surface area contributed by atoms with E-state index in [2.05, 4.69) is 21.4 Å². The van der Waals surface area contributed by atoms with Gasteiger partial charge in [0, 0.05) is 25.6 Å². The first-order valence-corrected chi connectivity index (χ1v) is 7.59. The molecule has 0 radical (unpaired) electrons. The number of hydrogen-bond acceptors (Lipinski definition) is 6. The number of aromatic nitrogens is 4. The molecule has 7 heteroatoms. The van der Waals surface area contributed by atoms with E-state index in [1.165, 1.54) is 0 Å². The summed E-state index contributed by atoms with van der Waals surface area (Å²) in [4.78, 5) is 4.40. The third-order valence-corrected chi connectivity index (χ3v) is 3.74. The maximum absolute atomic E-state index is 9.31. The van der Waals surface area contributed by atoms with Crippen LogP contribution in [0.2, 0.25) is 0 Å². The molecular formula is C17H17N5O2.